The second-order valence-electron chi connectivity index (χ2n) is 7.61. The molecule has 1 fully saturated rings. The highest BCUT2D eigenvalue weighted by Crippen LogP contribution is 2.23. The molecule has 0 bridgehead atoms. The molecular formula is C22H30N2O2. The lowest BCUT2D eigenvalue weighted by molar-refractivity contribution is 0.0953. The van der Waals surface area contributed by atoms with Gasteiger partial charge in [-0.2, -0.15) is 0 Å². The SMILES string of the molecule is CC(C)N1CCC(Cc2ccc(CCNC(=O)c3ccoc3)cc2)CC1. The highest BCUT2D eigenvalue weighted by atomic mass is 16.3. The van der Waals surface area contributed by atoms with Crippen LogP contribution in [0.2, 0.25) is 0 Å². The predicted octanol–water partition coefficient (Wildman–Crippen LogP) is 3.92. The number of likely N-dealkylation sites (tertiary alicyclic amines) is 1. The molecule has 1 aliphatic heterocycles. The molecule has 1 amide bonds. The van der Waals surface area contributed by atoms with Crippen LogP contribution in [0.15, 0.2) is 47.3 Å². The molecule has 1 N–H and O–H groups in total. The van der Waals surface area contributed by atoms with Gasteiger partial charge in [-0.25, -0.2) is 0 Å². The second kappa shape index (κ2) is 9.04. The van der Waals surface area contributed by atoms with Crippen molar-refractivity contribution in [2.45, 2.75) is 45.6 Å². The van der Waals surface area contributed by atoms with Crippen LogP contribution in [-0.4, -0.2) is 36.5 Å². The fourth-order valence-corrected chi connectivity index (χ4v) is 3.66. The molecule has 0 unspecified atom stereocenters. The molecule has 2 heterocycles. The maximum Gasteiger partial charge on any atom is 0.254 e. The van der Waals surface area contributed by atoms with Crippen LogP contribution in [0.25, 0.3) is 0 Å². The van der Waals surface area contributed by atoms with Gasteiger partial charge in [-0.15, -0.1) is 0 Å². The maximum atomic E-state index is 11.9. The van der Waals surface area contributed by atoms with Gasteiger partial charge < -0.3 is 14.6 Å². The minimum absolute atomic E-state index is 0.0805. The monoisotopic (exact) mass is 354 g/mol. The predicted molar refractivity (Wildman–Crippen MR) is 104 cm³/mol. The number of hydrogen-bond acceptors (Lipinski definition) is 3. The van der Waals surface area contributed by atoms with Crippen molar-refractivity contribution in [3.05, 3.63) is 59.5 Å². The van der Waals surface area contributed by atoms with E-state index in [-0.39, 0.29) is 5.91 Å². The van der Waals surface area contributed by atoms with Crippen LogP contribution in [-0.2, 0) is 12.8 Å². The van der Waals surface area contributed by atoms with Gasteiger partial charge in [0, 0.05) is 12.6 Å². The summed E-state index contributed by atoms with van der Waals surface area (Å²) in [6.45, 7) is 7.68. The highest BCUT2D eigenvalue weighted by Gasteiger charge is 2.20. The van der Waals surface area contributed by atoms with Crippen molar-refractivity contribution in [3.63, 3.8) is 0 Å². The molecule has 4 nitrogen and oxygen atoms in total. The normalized spacial score (nSPS) is 16.1. The van der Waals surface area contributed by atoms with Gasteiger partial charge in [-0.1, -0.05) is 24.3 Å². The summed E-state index contributed by atoms with van der Waals surface area (Å²) in [5.41, 5.74) is 3.26. The van der Waals surface area contributed by atoms with Gasteiger partial charge in [-0.05, 0) is 75.7 Å². The summed E-state index contributed by atoms with van der Waals surface area (Å²) in [5, 5.41) is 2.92. The van der Waals surface area contributed by atoms with Crippen LogP contribution in [0.4, 0.5) is 0 Å². The topological polar surface area (TPSA) is 45.5 Å². The van der Waals surface area contributed by atoms with E-state index in [4.69, 9.17) is 4.42 Å². The zero-order valence-electron chi connectivity index (χ0n) is 15.9. The van der Waals surface area contributed by atoms with Crippen LogP contribution >= 0.6 is 0 Å². The number of carbonyl (C=O) groups is 1. The fourth-order valence-electron chi connectivity index (χ4n) is 3.66. The lowest BCUT2D eigenvalue weighted by Crippen LogP contribution is -2.38. The Hall–Kier alpha value is -2.07. The van der Waals surface area contributed by atoms with Crippen LogP contribution in [0.3, 0.4) is 0 Å². The van der Waals surface area contributed by atoms with E-state index in [9.17, 15) is 4.79 Å². The van der Waals surface area contributed by atoms with Gasteiger partial charge in [0.15, 0.2) is 0 Å². The van der Waals surface area contributed by atoms with Crippen molar-refractivity contribution in [2.24, 2.45) is 5.92 Å². The molecule has 140 valence electrons. The van der Waals surface area contributed by atoms with E-state index in [1.54, 1.807) is 6.07 Å². The molecule has 0 saturated carbocycles. The Morgan fingerprint density at radius 1 is 1.15 bits per heavy atom. The lowest BCUT2D eigenvalue weighted by atomic mass is 9.89. The average Bonchev–Trinajstić information content (AvgIpc) is 3.18. The molecule has 0 aliphatic carbocycles. The van der Waals surface area contributed by atoms with Crippen molar-refractivity contribution < 1.29 is 9.21 Å². The number of hydrogen-bond donors (Lipinski definition) is 1. The van der Waals surface area contributed by atoms with Crippen LogP contribution in [0, 0.1) is 5.92 Å². The Bertz CT molecular complexity index is 669. The number of benzene rings is 1. The summed E-state index contributed by atoms with van der Waals surface area (Å²) in [6, 6.07) is 11.2. The number of piperidine rings is 1. The summed E-state index contributed by atoms with van der Waals surface area (Å²) >= 11 is 0. The van der Waals surface area contributed by atoms with Crippen molar-refractivity contribution in [1.29, 1.82) is 0 Å². The van der Waals surface area contributed by atoms with Crippen molar-refractivity contribution in [2.75, 3.05) is 19.6 Å². The lowest BCUT2D eigenvalue weighted by Gasteiger charge is -2.34. The molecule has 4 heteroatoms. The number of nitrogens with zero attached hydrogens (tertiary/aromatic N) is 1. The summed E-state index contributed by atoms with van der Waals surface area (Å²) in [7, 11) is 0. The molecule has 0 atom stereocenters. The molecule has 3 rings (SSSR count). The largest absolute Gasteiger partial charge is 0.472 e. The van der Waals surface area contributed by atoms with E-state index in [1.165, 1.54) is 56.0 Å². The minimum atomic E-state index is -0.0805. The summed E-state index contributed by atoms with van der Waals surface area (Å²) in [5.74, 6) is 0.730. The highest BCUT2D eigenvalue weighted by molar-refractivity contribution is 5.93. The number of amides is 1. The minimum Gasteiger partial charge on any atom is -0.472 e. The summed E-state index contributed by atoms with van der Waals surface area (Å²) < 4.78 is 4.93. The van der Waals surface area contributed by atoms with Crippen molar-refractivity contribution in [3.8, 4) is 0 Å². The Balaban J connectivity index is 1.40. The molecule has 1 aromatic heterocycles. The Labute approximate surface area is 156 Å². The molecule has 1 aliphatic rings. The van der Waals surface area contributed by atoms with Gasteiger partial charge in [0.2, 0.25) is 0 Å². The van der Waals surface area contributed by atoms with Gasteiger partial charge in [0.25, 0.3) is 5.91 Å². The Morgan fingerprint density at radius 3 is 2.46 bits per heavy atom. The van der Waals surface area contributed by atoms with Gasteiger partial charge >= 0.3 is 0 Å². The van der Waals surface area contributed by atoms with E-state index < -0.39 is 0 Å². The van der Waals surface area contributed by atoms with E-state index in [1.807, 2.05) is 0 Å². The third-order valence-corrected chi connectivity index (χ3v) is 5.41. The molecule has 1 saturated heterocycles. The Morgan fingerprint density at radius 2 is 1.85 bits per heavy atom. The first-order chi connectivity index (χ1) is 12.6. The molecule has 0 spiro atoms. The van der Waals surface area contributed by atoms with E-state index in [0.717, 1.165) is 12.3 Å². The summed E-state index contributed by atoms with van der Waals surface area (Å²) in [6.07, 6.45) is 7.62. The van der Waals surface area contributed by atoms with E-state index in [0.29, 0.717) is 18.2 Å². The number of nitrogens with one attached hydrogen (secondary N) is 1. The van der Waals surface area contributed by atoms with Crippen LogP contribution < -0.4 is 5.32 Å². The standard InChI is InChI=1S/C22H30N2O2/c1-17(2)24-12-8-20(9-13-24)15-19-5-3-18(4-6-19)7-11-23-22(25)21-10-14-26-16-21/h3-6,10,14,16-17,20H,7-9,11-13,15H2,1-2H3,(H,23,25). The van der Waals surface area contributed by atoms with Crippen LogP contribution in [0.1, 0.15) is 48.2 Å². The molecule has 1 aromatic carbocycles. The van der Waals surface area contributed by atoms with Gasteiger partial charge in [0.1, 0.15) is 6.26 Å². The second-order valence-corrected chi connectivity index (χ2v) is 7.61. The molecule has 2 aromatic rings. The first-order valence-corrected chi connectivity index (χ1v) is 9.74. The van der Waals surface area contributed by atoms with Crippen LogP contribution in [0.5, 0.6) is 0 Å². The van der Waals surface area contributed by atoms with Crippen molar-refractivity contribution >= 4 is 5.91 Å². The number of carbonyl (C=O) groups excluding carboxylic acids is 1. The third-order valence-electron chi connectivity index (χ3n) is 5.41. The smallest absolute Gasteiger partial charge is 0.254 e. The number of rotatable bonds is 7. The maximum absolute atomic E-state index is 11.9. The molecular weight excluding hydrogens is 324 g/mol. The molecule has 26 heavy (non-hydrogen) atoms. The van der Waals surface area contributed by atoms with E-state index >= 15 is 0 Å². The fraction of sp³-hybridized carbons (Fsp3) is 0.500. The zero-order chi connectivity index (χ0) is 18.4. The summed E-state index contributed by atoms with van der Waals surface area (Å²) in [4.78, 5) is 14.4. The first-order valence-electron chi connectivity index (χ1n) is 9.74. The number of furan rings is 1. The first kappa shape index (κ1) is 18.7. The zero-order valence-corrected chi connectivity index (χ0v) is 15.9. The average molecular weight is 354 g/mol. The van der Waals surface area contributed by atoms with Crippen molar-refractivity contribution in [1.82, 2.24) is 10.2 Å². The third kappa shape index (κ3) is 5.21. The van der Waals surface area contributed by atoms with E-state index in [2.05, 4.69) is 48.3 Å². The quantitative estimate of drug-likeness (QED) is 0.820. The van der Waals surface area contributed by atoms with Gasteiger partial charge in [0.05, 0.1) is 11.8 Å². The van der Waals surface area contributed by atoms with Gasteiger partial charge in [-0.3, -0.25) is 4.79 Å². The Kier molecular flexibility index (Phi) is 6.51. The molecule has 0 radical (unpaired) electrons.